The van der Waals surface area contributed by atoms with E-state index in [-0.39, 0.29) is 5.91 Å². The van der Waals surface area contributed by atoms with E-state index in [1.54, 1.807) is 0 Å². The van der Waals surface area contributed by atoms with Crippen LogP contribution in [-0.4, -0.2) is 32.2 Å². The zero-order chi connectivity index (χ0) is 19.3. The minimum Gasteiger partial charge on any atom is -0.378 e. The van der Waals surface area contributed by atoms with Gasteiger partial charge in [-0.15, -0.1) is 0 Å². The van der Waals surface area contributed by atoms with Crippen LogP contribution >= 0.6 is 15.9 Å². The molecular formula is C23H21BrN2O2. The number of nitrogens with one attached hydrogen (secondary N) is 1. The zero-order valence-corrected chi connectivity index (χ0v) is 17.0. The number of rotatable bonds is 4. The van der Waals surface area contributed by atoms with Gasteiger partial charge in [-0.2, -0.15) is 0 Å². The van der Waals surface area contributed by atoms with Gasteiger partial charge in [-0.05, 0) is 57.4 Å². The van der Waals surface area contributed by atoms with Gasteiger partial charge in [0.1, 0.15) is 0 Å². The van der Waals surface area contributed by atoms with Crippen molar-refractivity contribution in [3.63, 3.8) is 0 Å². The summed E-state index contributed by atoms with van der Waals surface area (Å²) >= 11 is 3.63. The van der Waals surface area contributed by atoms with Gasteiger partial charge >= 0.3 is 0 Å². The van der Waals surface area contributed by atoms with Crippen molar-refractivity contribution in [2.45, 2.75) is 0 Å². The Morgan fingerprint density at radius 1 is 0.893 bits per heavy atom. The maximum atomic E-state index is 12.6. The lowest BCUT2D eigenvalue weighted by Crippen LogP contribution is -2.36. The molecule has 3 aromatic rings. The Bertz CT molecular complexity index is 952. The molecule has 1 fully saturated rings. The predicted molar refractivity (Wildman–Crippen MR) is 117 cm³/mol. The van der Waals surface area contributed by atoms with Gasteiger partial charge in [0.25, 0.3) is 5.91 Å². The number of carbonyl (C=O) groups is 1. The van der Waals surface area contributed by atoms with E-state index in [0.717, 1.165) is 53.3 Å². The number of nitrogens with zero attached hydrogens (tertiary/aromatic N) is 1. The van der Waals surface area contributed by atoms with E-state index in [1.807, 2.05) is 60.7 Å². The van der Waals surface area contributed by atoms with Crippen molar-refractivity contribution in [3.8, 4) is 11.1 Å². The van der Waals surface area contributed by atoms with Crippen LogP contribution in [-0.2, 0) is 4.74 Å². The van der Waals surface area contributed by atoms with E-state index < -0.39 is 0 Å². The van der Waals surface area contributed by atoms with Gasteiger partial charge in [-0.25, -0.2) is 0 Å². The Hall–Kier alpha value is -2.63. The summed E-state index contributed by atoms with van der Waals surface area (Å²) in [5, 5.41) is 2.98. The Labute approximate surface area is 173 Å². The smallest absolute Gasteiger partial charge is 0.255 e. The van der Waals surface area contributed by atoms with Crippen LogP contribution in [0.4, 0.5) is 11.4 Å². The second-order valence-electron chi connectivity index (χ2n) is 6.66. The van der Waals surface area contributed by atoms with Crippen LogP contribution in [0.5, 0.6) is 0 Å². The normalized spacial score (nSPS) is 14.0. The van der Waals surface area contributed by atoms with Crippen molar-refractivity contribution in [1.82, 2.24) is 0 Å². The summed E-state index contributed by atoms with van der Waals surface area (Å²) in [4.78, 5) is 14.9. The maximum absolute atomic E-state index is 12.6. The molecule has 0 unspecified atom stereocenters. The lowest BCUT2D eigenvalue weighted by molar-refractivity contribution is 0.102. The number of amides is 1. The molecule has 1 saturated heterocycles. The molecule has 0 atom stereocenters. The van der Waals surface area contributed by atoms with Crippen LogP contribution < -0.4 is 10.2 Å². The Kier molecular flexibility index (Phi) is 5.74. The molecule has 5 heteroatoms. The SMILES string of the molecule is O=C(Nc1ccc(N2CCOCC2)c(Br)c1)c1ccc(-c2ccccc2)cc1. The number of halogens is 1. The first-order chi connectivity index (χ1) is 13.7. The number of hydrogen-bond acceptors (Lipinski definition) is 3. The second kappa shape index (κ2) is 8.59. The third kappa shape index (κ3) is 4.26. The first kappa shape index (κ1) is 18.7. The van der Waals surface area contributed by atoms with E-state index in [2.05, 4.69) is 38.3 Å². The summed E-state index contributed by atoms with van der Waals surface area (Å²) in [6.07, 6.45) is 0. The fourth-order valence-corrected chi connectivity index (χ4v) is 3.92. The van der Waals surface area contributed by atoms with Crippen molar-refractivity contribution in [3.05, 3.63) is 82.8 Å². The molecule has 28 heavy (non-hydrogen) atoms. The van der Waals surface area contributed by atoms with Crippen LogP contribution in [0.1, 0.15) is 10.4 Å². The standard InChI is InChI=1S/C23H21BrN2O2/c24-21-16-20(10-11-22(21)26-12-14-28-15-13-26)25-23(27)19-8-6-18(7-9-19)17-4-2-1-3-5-17/h1-11,16H,12-15H2,(H,25,27). The van der Waals surface area contributed by atoms with Gasteiger partial charge in [-0.1, -0.05) is 42.5 Å². The third-order valence-corrected chi connectivity index (χ3v) is 5.45. The highest BCUT2D eigenvalue weighted by molar-refractivity contribution is 9.10. The number of anilines is 2. The van der Waals surface area contributed by atoms with E-state index in [1.165, 1.54) is 0 Å². The highest BCUT2D eigenvalue weighted by Gasteiger charge is 2.15. The lowest BCUT2D eigenvalue weighted by atomic mass is 10.0. The van der Waals surface area contributed by atoms with E-state index in [4.69, 9.17) is 4.74 Å². The van der Waals surface area contributed by atoms with Gasteiger partial charge < -0.3 is 15.0 Å². The summed E-state index contributed by atoms with van der Waals surface area (Å²) < 4.78 is 6.37. The molecule has 4 nitrogen and oxygen atoms in total. The van der Waals surface area contributed by atoms with Crippen molar-refractivity contribution in [2.24, 2.45) is 0 Å². The summed E-state index contributed by atoms with van der Waals surface area (Å²) in [7, 11) is 0. The van der Waals surface area contributed by atoms with Crippen molar-refractivity contribution < 1.29 is 9.53 Å². The van der Waals surface area contributed by atoms with Crippen LogP contribution in [0.3, 0.4) is 0 Å². The van der Waals surface area contributed by atoms with E-state index in [9.17, 15) is 4.79 Å². The third-order valence-electron chi connectivity index (χ3n) is 4.81. The van der Waals surface area contributed by atoms with Gasteiger partial charge in [0.05, 0.1) is 18.9 Å². The molecule has 1 aliphatic heterocycles. The van der Waals surface area contributed by atoms with E-state index >= 15 is 0 Å². The Morgan fingerprint density at radius 3 is 2.25 bits per heavy atom. The average Bonchev–Trinajstić information content (AvgIpc) is 2.75. The van der Waals surface area contributed by atoms with Gasteiger partial charge in [0.15, 0.2) is 0 Å². The van der Waals surface area contributed by atoms with Crippen molar-refractivity contribution in [1.29, 1.82) is 0 Å². The fraction of sp³-hybridized carbons (Fsp3) is 0.174. The van der Waals surface area contributed by atoms with Gasteiger partial charge in [-0.3, -0.25) is 4.79 Å². The number of benzene rings is 3. The van der Waals surface area contributed by atoms with Crippen LogP contribution in [0.25, 0.3) is 11.1 Å². The van der Waals surface area contributed by atoms with Crippen molar-refractivity contribution >= 4 is 33.2 Å². The number of morpholine rings is 1. The predicted octanol–water partition coefficient (Wildman–Crippen LogP) is 5.21. The Morgan fingerprint density at radius 2 is 1.57 bits per heavy atom. The Balaban J connectivity index is 1.45. The van der Waals surface area contributed by atoms with Crippen LogP contribution in [0, 0.1) is 0 Å². The molecule has 0 bridgehead atoms. The first-order valence-electron chi connectivity index (χ1n) is 9.30. The number of carbonyl (C=O) groups excluding carboxylic acids is 1. The second-order valence-corrected chi connectivity index (χ2v) is 7.52. The molecular weight excluding hydrogens is 416 g/mol. The topological polar surface area (TPSA) is 41.6 Å². The van der Waals surface area contributed by atoms with Crippen molar-refractivity contribution in [2.75, 3.05) is 36.5 Å². The van der Waals surface area contributed by atoms with Crippen LogP contribution in [0.2, 0.25) is 0 Å². The monoisotopic (exact) mass is 436 g/mol. The summed E-state index contributed by atoms with van der Waals surface area (Å²) in [5.74, 6) is -0.120. The fourth-order valence-electron chi connectivity index (χ4n) is 3.29. The minimum atomic E-state index is -0.120. The summed E-state index contributed by atoms with van der Waals surface area (Å²) in [6.45, 7) is 3.23. The zero-order valence-electron chi connectivity index (χ0n) is 15.4. The largest absolute Gasteiger partial charge is 0.378 e. The number of ether oxygens (including phenoxy) is 1. The highest BCUT2D eigenvalue weighted by atomic mass is 79.9. The van der Waals surface area contributed by atoms with Gasteiger partial charge in [0, 0.05) is 28.8 Å². The molecule has 4 rings (SSSR count). The van der Waals surface area contributed by atoms with Gasteiger partial charge in [0.2, 0.25) is 0 Å². The maximum Gasteiger partial charge on any atom is 0.255 e. The molecule has 0 saturated carbocycles. The molecule has 3 aromatic carbocycles. The lowest BCUT2D eigenvalue weighted by Gasteiger charge is -2.29. The molecule has 1 heterocycles. The number of hydrogen-bond donors (Lipinski definition) is 1. The summed E-state index contributed by atoms with van der Waals surface area (Å²) in [5.41, 5.74) is 4.74. The van der Waals surface area contributed by atoms with E-state index in [0.29, 0.717) is 5.56 Å². The molecule has 0 spiro atoms. The average molecular weight is 437 g/mol. The minimum absolute atomic E-state index is 0.120. The molecule has 1 aliphatic rings. The molecule has 1 amide bonds. The highest BCUT2D eigenvalue weighted by Crippen LogP contribution is 2.30. The quantitative estimate of drug-likeness (QED) is 0.610. The van der Waals surface area contributed by atoms with Crippen LogP contribution in [0.15, 0.2) is 77.3 Å². The summed E-state index contributed by atoms with van der Waals surface area (Å²) in [6, 6.07) is 23.7. The molecule has 1 N–H and O–H groups in total. The molecule has 0 aliphatic carbocycles. The first-order valence-corrected chi connectivity index (χ1v) is 10.1. The molecule has 142 valence electrons. The molecule has 0 radical (unpaired) electrons. The molecule has 0 aromatic heterocycles.